The fraction of sp³-hybridized carbons (Fsp3) is 0.348. The van der Waals surface area contributed by atoms with Crippen LogP contribution >= 0.6 is 0 Å². The minimum atomic E-state index is -3.45. The van der Waals surface area contributed by atoms with E-state index in [9.17, 15) is 13.2 Å². The fourth-order valence-electron chi connectivity index (χ4n) is 2.94. The highest BCUT2D eigenvalue weighted by Crippen LogP contribution is 2.29. The highest BCUT2D eigenvalue weighted by atomic mass is 32.2. The molecule has 1 aromatic heterocycles. The zero-order valence-corrected chi connectivity index (χ0v) is 18.8. The number of anilines is 2. The molecule has 0 saturated carbocycles. The fourth-order valence-corrected chi connectivity index (χ4v) is 3.70. The number of fused-ring (bicyclic) bond motifs is 1. The van der Waals surface area contributed by atoms with Crippen molar-refractivity contribution in [2.75, 3.05) is 10.0 Å². The molecular weight excluding hydrogens is 400 g/mol. The van der Waals surface area contributed by atoms with E-state index < -0.39 is 14.8 Å². The number of rotatable bonds is 6. The zero-order chi connectivity index (χ0) is 22.1. The average molecular weight is 429 g/mol. The van der Waals surface area contributed by atoms with Gasteiger partial charge in [-0.3, -0.25) is 4.72 Å². The monoisotopic (exact) mass is 428 g/mol. The van der Waals surface area contributed by atoms with E-state index in [4.69, 9.17) is 4.42 Å². The Morgan fingerprint density at radius 3 is 2.23 bits per heavy atom. The van der Waals surface area contributed by atoms with Crippen LogP contribution in [-0.2, 0) is 16.6 Å². The molecule has 3 aromatic rings. The van der Waals surface area contributed by atoms with E-state index in [0.29, 0.717) is 17.8 Å². The minimum absolute atomic E-state index is 0.204. The van der Waals surface area contributed by atoms with Gasteiger partial charge in [-0.2, -0.15) is 0 Å². The Balaban J connectivity index is 1.76. The SMILES string of the molecule is CC(C)c1cc(NCc2ccc(NS(=O)(=O)C(C)(C)C)cc2)cc2ccc(=O)oc12. The molecule has 2 aromatic carbocycles. The summed E-state index contributed by atoms with van der Waals surface area (Å²) in [5.74, 6) is 0.204. The van der Waals surface area contributed by atoms with Gasteiger partial charge in [0.2, 0.25) is 10.0 Å². The van der Waals surface area contributed by atoms with Crippen LogP contribution in [0.5, 0.6) is 0 Å². The summed E-state index contributed by atoms with van der Waals surface area (Å²) in [6, 6.07) is 14.4. The molecule has 0 unspecified atom stereocenters. The maximum Gasteiger partial charge on any atom is 0.336 e. The molecule has 160 valence electrons. The van der Waals surface area contributed by atoms with Crippen molar-refractivity contribution >= 4 is 32.4 Å². The van der Waals surface area contributed by atoms with Gasteiger partial charge in [0.25, 0.3) is 0 Å². The summed E-state index contributed by atoms with van der Waals surface area (Å²) in [6.07, 6.45) is 0. The second-order valence-corrected chi connectivity index (χ2v) is 11.1. The van der Waals surface area contributed by atoms with Crippen molar-refractivity contribution in [3.8, 4) is 0 Å². The predicted octanol–water partition coefficient (Wildman–Crippen LogP) is 5.07. The zero-order valence-electron chi connectivity index (χ0n) is 17.9. The van der Waals surface area contributed by atoms with Gasteiger partial charge in [-0.15, -0.1) is 0 Å². The second kappa shape index (κ2) is 8.14. The van der Waals surface area contributed by atoms with E-state index in [2.05, 4.69) is 23.9 Å². The average Bonchev–Trinajstić information content (AvgIpc) is 2.65. The molecule has 1 heterocycles. The van der Waals surface area contributed by atoms with Crippen LogP contribution in [0.25, 0.3) is 11.0 Å². The Morgan fingerprint density at radius 1 is 0.967 bits per heavy atom. The quantitative estimate of drug-likeness (QED) is 0.535. The molecular formula is C23H28N2O4S. The predicted molar refractivity (Wildman–Crippen MR) is 123 cm³/mol. The smallest absolute Gasteiger partial charge is 0.336 e. The van der Waals surface area contributed by atoms with E-state index in [1.807, 2.05) is 24.3 Å². The Hall–Kier alpha value is -2.80. The first-order valence-corrected chi connectivity index (χ1v) is 11.4. The Labute approximate surface area is 177 Å². The Bertz CT molecular complexity index is 1200. The lowest BCUT2D eigenvalue weighted by Crippen LogP contribution is -2.33. The Kier molecular flexibility index (Phi) is 5.94. The molecule has 0 aliphatic rings. The molecule has 0 spiro atoms. The second-order valence-electron chi connectivity index (χ2n) is 8.66. The van der Waals surface area contributed by atoms with E-state index in [1.165, 1.54) is 6.07 Å². The minimum Gasteiger partial charge on any atom is -0.422 e. The molecule has 6 nitrogen and oxygen atoms in total. The van der Waals surface area contributed by atoms with Crippen molar-refractivity contribution in [2.24, 2.45) is 0 Å². The van der Waals surface area contributed by atoms with Crippen molar-refractivity contribution < 1.29 is 12.8 Å². The van der Waals surface area contributed by atoms with Crippen LogP contribution in [0.1, 0.15) is 51.7 Å². The lowest BCUT2D eigenvalue weighted by Gasteiger charge is -2.20. The van der Waals surface area contributed by atoms with Crippen LogP contribution in [-0.4, -0.2) is 13.2 Å². The first-order chi connectivity index (χ1) is 14.0. The summed E-state index contributed by atoms with van der Waals surface area (Å²) in [5.41, 5.74) is 3.72. The van der Waals surface area contributed by atoms with E-state index in [1.54, 1.807) is 39.0 Å². The summed E-state index contributed by atoms with van der Waals surface area (Å²) < 4.78 is 31.7. The molecule has 0 bridgehead atoms. The maximum atomic E-state index is 12.3. The maximum absolute atomic E-state index is 12.3. The van der Waals surface area contributed by atoms with Crippen molar-refractivity contribution in [3.05, 3.63) is 70.1 Å². The van der Waals surface area contributed by atoms with Crippen LogP contribution in [0.4, 0.5) is 11.4 Å². The Morgan fingerprint density at radius 2 is 1.63 bits per heavy atom. The van der Waals surface area contributed by atoms with Gasteiger partial charge in [0.1, 0.15) is 5.58 Å². The van der Waals surface area contributed by atoms with Gasteiger partial charge >= 0.3 is 5.63 Å². The molecule has 0 aliphatic heterocycles. The molecule has 0 amide bonds. The number of benzene rings is 2. The molecule has 3 rings (SSSR count). The lowest BCUT2D eigenvalue weighted by atomic mass is 9.99. The largest absolute Gasteiger partial charge is 0.422 e. The van der Waals surface area contributed by atoms with Gasteiger partial charge in [0.05, 0.1) is 4.75 Å². The van der Waals surface area contributed by atoms with Gasteiger partial charge in [-0.05, 0) is 62.6 Å². The molecule has 0 atom stereocenters. The third kappa shape index (κ3) is 4.84. The van der Waals surface area contributed by atoms with E-state index in [0.717, 1.165) is 22.2 Å². The van der Waals surface area contributed by atoms with Gasteiger partial charge in [-0.25, -0.2) is 13.2 Å². The van der Waals surface area contributed by atoms with Crippen LogP contribution in [0.3, 0.4) is 0 Å². The van der Waals surface area contributed by atoms with Crippen molar-refractivity contribution in [1.29, 1.82) is 0 Å². The van der Waals surface area contributed by atoms with Gasteiger partial charge in [-0.1, -0.05) is 26.0 Å². The number of sulfonamides is 1. The standard InChI is InChI=1S/C23H28N2O4S/c1-15(2)20-13-19(12-17-8-11-21(26)29-22(17)20)24-14-16-6-9-18(10-7-16)25-30(27,28)23(3,4)5/h6-13,15,24-25H,14H2,1-5H3. The molecule has 0 radical (unpaired) electrons. The van der Waals surface area contributed by atoms with Crippen molar-refractivity contribution in [1.82, 2.24) is 0 Å². The van der Waals surface area contributed by atoms with Gasteiger partial charge in [0, 0.05) is 34.9 Å². The number of hydrogen-bond acceptors (Lipinski definition) is 5. The first-order valence-electron chi connectivity index (χ1n) is 9.89. The van der Waals surface area contributed by atoms with Gasteiger partial charge in [0.15, 0.2) is 0 Å². The summed E-state index contributed by atoms with van der Waals surface area (Å²) in [6.45, 7) is 9.67. The molecule has 7 heteroatoms. The topological polar surface area (TPSA) is 88.4 Å². The third-order valence-corrected chi connectivity index (χ3v) is 7.00. The van der Waals surface area contributed by atoms with Crippen molar-refractivity contribution in [2.45, 2.75) is 51.8 Å². The van der Waals surface area contributed by atoms with Crippen LogP contribution < -0.4 is 15.7 Å². The normalized spacial score (nSPS) is 12.3. The summed E-state index contributed by atoms with van der Waals surface area (Å²) in [4.78, 5) is 11.6. The highest BCUT2D eigenvalue weighted by molar-refractivity contribution is 7.94. The van der Waals surface area contributed by atoms with E-state index >= 15 is 0 Å². The number of hydrogen-bond donors (Lipinski definition) is 2. The van der Waals surface area contributed by atoms with Crippen LogP contribution in [0.2, 0.25) is 0 Å². The lowest BCUT2D eigenvalue weighted by molar-refractivity contribution is 0.554. The summed E-state index contributed by atoms with van der Waals surface area (Å²) in [7, 11) is -3.45. The molecule has 0 fully saturated rings. The van der Waals surface area contributed by atoms with Crippen LogP contribution in [0.15, 0.2) is 57.7 Å². The molecule has 2 N–H and O–H groups in total. The molecule has 0 aliphatic carbocycles. The van der Waals surface area contributed by atoms with E-state index in [-0.39, 0.29) is 11.5 Å². The first kappa shape index (κ1) is 21.9. The highest BCUT2D eigenvalue weighted by Gasteiger charge is 2.28. The summed E-state index contributed by atoms with van der Waals surface area (Å²) in [5, 5.41) is 4.27. The third-order valence-electron chi connectivity index (χ3n) is 4.88. The molecule has 30 heavy (non-hydrogen) atoms. The summed E-state index contributed by atoms with van der Waals surface area (Å²) >= 11 is 0. The van der Waals surface area contributed by atoms with Gasteiger partial charge < -0.3 is 9.73 Å². The van der Waals surface area contributed by atoms with Crippen LogP contribution in [0, 0.1) is 0 Å². The molecule has 0 saturated heterocycles. The van der Waals surface area contributed by atoms with Crippen molar-refractivity contribution in [3.63, 3.8) is 0 Å². The number of nitrogens with one attached hydrogen (secondary N) is 2.